The highest BCUT2D eigenvalue weighted by Gasteiger charge is 2.33. The second-order valence-corrected chi connectivity index (χ2v) is 12.8. The normalized spacial score (nSPS) is 20.1. The lowest BCUT2D eigenvalue weighted by atomic mass is 9.99. The van der Waals surface area contributed by atoms with Crippen LogP contribution in [0, 0.1) is 0 Å². The highest BCUT2D eigenvalue weighted by atomic mass is 16.7. The van der Waals surface area contributed by atoms with Crippen LogP contribution in [0.25, 0.3) is 0 Å². The number of nitrogens with two attached hydrogens (primary N) is 1. The van der Waals surface area contributed by atoms with Crippen LogP contribution in [0.1, 0.15) is 98.9 Å². The fourth-order valence-corrected chi connectivity index (χ4v) is 6.29. The first-order chi connectivity index (χ1) is 23.0. The quantitative estimate of drug-likeness (QED) is 0.112. The van der Waals surface area contributed by atoms with Crippen LogP contribution in [0.2, 0.25) is 0 Å². The predicted octanol–water partition coefficient (Wildman–Crippen LogP) is 6.39. The molecule has 2 heterocycles. The number of nitrogen functional groups attached to an aromatic ring is 1. The number of hydrogen-bond acceptors (Lipinski definition) is 7. The van der Waals surface area contributed by atoms with Gasteiger partial charge in [-0.2, -0.15) is 0 Å². The highest BCUT2D eigenvalue weighted by Crippen LogP contribution is 2.38. The van der Waals surface area contributed by atoms with Gasteiger partial charge in [0.1, 0.15) is 0 Å². The molecule has 47 heavy (non-hydrogen) atoms. The van der Waals surface area contributed by atoms with Crippen LogP contribution in [-0.2, 0) is 32.2 Å². The van der Waals surface area contributed by atoms with E-state index in [2.05, 4.69) is 15.5 Å². The van der Waals surface area contributed by atoms with Crippen LogP contribution in [0.4, 0.5) is 11.4 Å². The van der Waals surface area contributed by atoms with Gasteiger partial charge < -0.3 is 35.8 Å². The summed E-state index contributed by atoms with van der Waals surface area (Å²) in [4.78, 5) is 27.1. The van der Waals surface area contributed by atoms with Crippen LogP contribution in [0.5, 0.6) is 0 Å². The summed E-state index contributed by atoms with van der Waals surface area (Å²) in [5.74, 6) is -0.0140. The molecule has 2 saturated heterocycles. The molecule has 0 radical (unpaired) electrons. The zero-order valence-electron chi connectivity index (χ0n) is 27.4. The maximum atomic E-state index is 12.5. The van der Waals surface area contributed by atoms with Crippen LogP contribution < -0.4 is 16.4 Å². The van der Waals surface area contributed by atoms with Crippen molar-refractivity contribution in [3.63, 3.8) is 0 Å². The van der Waals surface area contributed by atoms with Crippen molar-refractivity contribution in [3.8, 4) is 0 Å². The van der Waals surface area contributed by atoms with E-state index in [4.69, 9.17) is 15.2 Å². The van der Waals surface area contributed by atoms with Gasteiger partial charge in [0.25, 0.3) is 0 Å². The average molecular weight is 643 g/mol. The van der Waals surface area contributed by atoms with E-state index >= 15 is 0 Å². The van der Waals surface area contributed by atoms with E-state index in [1.807, 2.05) is 60.7 Å². The first-order valence-electron chi connectivity index (χ1n) is 17.2. The molecule has 2 aliphatic rings. The molecule has 0 bridgehead atoms. The maximum absolute atomic E-state index is 12.5. The monoisotopic (exact) mass is 642 g/mol. The smallest absolute Gasteiger partial charge is 0.224 e. The van der Waals surface area contributed by atoms with Crippen molar-refractivity contribution >= 4 is 23.2 Å². The van der Waals surface area contributed by atoms with E-state index in [0.29, 0.717) is 30.8 Å². The number of carbonyl (C=O) groups excluding carboxylic acids is 2. The van der Waals surface area contributed by atoms with Gasteiger partial charge in [0.2, 0.25) is 11.8 Å². The lowest BCUT2D eigenvalue weighted by molar-refractivity contribution is -0.253. The van der Waals surface area contributed by atoms with Gasteiger partial charge in [0, 0.05) is 37.9 Å². The maximum Gasteiger partial charge on any atom is 0.224 e. The van der Waals surface area contributed by atoms with E-state index < -0.39 is 6.29 Å². The summed E-state index contributed by atoms with van der Waals surface area (Å²) in [6.07, 6.45) is 8.30. The Balaban J connectivity index is 1.04. The van der Waals surface area contributed by atoms with Gasteiger partial charge in [0.15, 0.2) is 6.29 Å². The summed E-state index contributed by atoms with van der Waals surface area (Å²) in [5.41, 5.74) is 11.0. The number of rotatable bonds is 15. The SMILES string of the molecule is Nc1ccccc1NC(=O)CCCCCCC(=O)NCc1ccc([C@@H]2O[C@H](CN3CCCCC3)C[C@H](c3ccc(CO)cc3)O2)cc1. The van der Waals surface area contributed by atoms with Gasteiger partial charge in [-0.05, 0) is 67.6 Å². The molecule has 2 fully saturated rings. The third-order valence-electron chi connectivity index (χ3n) is 9.06. The summed E-state index contributed by atoms with van der Waals surface area (Å²) >= 11 is 0. The first-order valence-corrected chi connectivity index (χ1v) is 17.2. The minimum absolute atomic E-state index is 0.0237. The van der Waals surface area contributed by atoms with E-state index in [9.17, 15) is 14.7 Å². The van der Waals surface area contributed by atoms with Gasteiger partial charge >= 0.3 is 0 Å². The zero-order chi connectivity index (χ0) is 32.8. The van der Waals surface area contributed by atoms with Gasteiger partial charge in [-0.25, -0.2) is 0 Å². The predicted molar refractivity (Wildman–Crippen MR) is 184 cm³/mol. The minimum atomic E-state index is -0.479. The number of likely N-dealkylation sites (tertiary alicyclic amines) is 1. The molecule has 5 N–H and O–H groups in total. The molecule has 2 aliphatic heterocycles. The van der Waals surface area contributed by atoms with Gasteiger partial charge in [0.05, 0.1) is 30.2 Å². The molecule has 0 spiro atoms. The van der Waals surface area contributed by atoms with E-state index in [1.54, 1.807) is 12.1 Å². The number of piperidine rings is 1. The van der Waals surface area contributed by atoms with E-state index in [1.165, 1.54) is 19.3 Å². The summed E-state index contributed by atoms with van der Waals surface area (Å²) < 4.78 is 13.0. The molecule has 3 aromatic carbocycles. The van der Waals surface area contributed by atoms with Crippen molar-refractivity contribution in [1.29, 1.82) is 0 Å². The van der Waals surface area contributed by atoms with E-state index in [0.717, 1.165) is 74.0 Å². The molecular formula is C38H50N4O5. The van der Waals surface area contributed by atoms with Crippen LogP contribution >= 0.6 is 0 Å². The Hall–Kier alpha value is -3.76. The zero-order valence-corrected chi connectivity index (χ0v) is 27.4. The van der Waals surface area contributed by atoms with Gasteiger partial charge in [-0.1, -0.05) is 79.9 Å². The van der Waals surface area contributed by atoms with Gasteiger partial charge in [-0.15, -0.1) is 0 Å². The standard InChI is InChI=1S/C38H50N4O5/c39-33-10-6-7-11-34(33)41-37(45)13-5-2-1-4-12-36(44)40-25-28-14-20-31(21-15-28)38-46-32(26-42-22-8-3-9-23-42)24-35(47-38)30-18-16-29(27-43)17-19-30/h6-7,10-11,14-21,32,35,38,43H,1-5,8-9,12-13,22-27,39H2,(H,40,44)(H,41,45)/t32-,35+,38+/m0/s1. The molecule has 9 nitrogen and oxygen atoms in total. The third-order valence-corrected chi connectivity index (χ3v) is 9.06. The van der Waals surface area contributed by atoms with Crippen molar-refractivity contribution in [3.05, 3.63) is 95.1 Å². The first kappa shape index (κ1) is 34.6. The minimum Gasteiger partial charge on any atom is -0.397 e. The van der Waals surface area contributed by atoms with Crippen molar-refractivity contribution in [2.75, 3.05) is 30.7 Å². The molecule has 0 aliphatic carbocycles. The van der Waals surface area contributed by atoms with Crippen LogP contribution in [-0.4, -0.2) is 47.6 Å². The number of aliphatic hydroxyl groups excluding tert-OH is 1. The fraction of sp³-hybridized carbons (Fsp3) is 0.474. The summed E-state index contributed by atoms with van der Waals surface area (Å²) in [5, 5.41) is 15.4. The Morgan fingerprint density at radius 3 is 2.15 bits per heavy atom. The molecule has 0 saturated carbocycles. The number of aliphatic hydroxyl groups is 1. The molecule has 3 aromatic rings. The van der Waals surface area contributed by atoms with Crippen molar-refractivity contribution in [2.45, 2.75) is 95.9 Å². The average Bonchev–Trinajstić information content (AvgIpc) is 3.10. The Morgan fingerprint density at radius 1 is 0.787 bits per heavy atom. The molecule has 5 rings (SSSR count). The Kier molecular flexibility index (Phi) is 13.2. The number of amides is 2. The highest BCUT2D eigenvalue weighted by molar-refractivity contribution is 5.93. The Morgan fingerprint density at radius 2 is 1.45 bits per heavy atom. The second kappa shape index (κ2) is 18.0. The van der Waals surface area contributed by atoms with Crippen molar-refractivity contribution in [2.24, 2.45) is 0 Å². The second-order valence-electron chi connectivity index (χ2n) is 12.8. The molecule has 3 atom stereocenters. The summed E-state index contributed by atoms with van der Waals surface area (Å²) in [6, 6.07) is 23.3. The number of para-hydroxylation sites is 2. The molecule has 9 heteroatoms. The Labute approximate surface area is 278 Å². The molecule has 0 aromatic heterocycles. The van der Waals surface area contributed by atoms with Crippen molar-refractivity contribution in [1.82, 2.24) is 10.2 Å². The number of nitrogens with one attached hydrogen (secondary N) is 2. The van der Waals surface area contributed by atoms with Gasteiger partial charge in [-0.3, -0.25) is 9.59 Å². The third kappa shape index (κ3) is 10.9. The molecular weight excluding hydrogens is 592 g/mol. The lowest BCUT2D eigenvalue weighted by Gasteiger charge is -2.39. The van der Waals surface area contributed by atoms with Crippen LogP contribution in [0.15, 0.2) is 72.8 Å². The van der Waals surface area contributed by atoms with Crippen LogP contribution in [0.3, 0.4) is 0 Å². The number of carbonyl (C=O) groups is 2. The number of hydrogen-bond donors (Lipinski definition) is 4. The largest absolute Gasteiger partial charge is 0.397 e. The number of unbranched alkanes of at least 4 members (excludes halogenated alkanes) is 3. The number of anilines is 2. The molecule has 0 unspecified atom stereocenters. The number of nitrogens with zero attached hydrogens (tertiary/aromatic N) is 1. The molecule has 252 valence electrons. The summed E-state index contributed by atoms with van der Waals surface area (Å²) in [6.45, 7) is 3.62. The molecule has 2 amide bonds. The fourth-order valence-electron chi connectivity index (χ4n) is 6.29. The number of benzene rings is 3. The Bertz CT molecular complexity index is 1410. The lowest BCUT2D eigenvalue weighted by Crippen LogP contribution is -2.41. The topological polar surface area (TPSA) is 126 Å². The van der Waals surface area contributed by atoms with Crippen molar-refractivity contribution < 1.29 is 24.2 Å². The summed E-state index contributed by atoms with van der Waals surface area (Å²) in [7, 11) is 0. The number of ether oxygens (including phenoxy) is 2. The van der Waals surface area contributed by atoms with E-state index in [-0.39, 0.29) is 30.6 Å².